The lowest BCUT2D eigenvalue weighted by Gasteiger charge is -2.28. The number of hydrogen-bond donors (Lipinski definition) is 2. The minimum atomic E-state index is -1.01. The molecule has 0 aliphatic carbocycles. The fourth-order valence-corrected chi connectivity index (χ4v) is 2.05. The highest BCUT2D eigenvalue weighted by atomic mass is 16.5. The van der Waals surface area contributed by atoms with E-state index in [1.807, 2.05) is 45.0 Å². The topological polar surface area (TPSA) is 75.6 Å². The van der Waals surface area contributed by atoms with Gasteiger partial charge < -0.3 is 15.2 Å². The molecule has 0 aromatic heterocycles. The molecule has 0 fully saturated rings. The number of carboxylic acid groups (broad SMARTS) is 1. The maximum Gasteiger partial charge on any atom is 0.326 e. The first-order valence-corrected chi connectivity index (χ1v) is 7.90. The van der Waals surface area contributed by atoms with E-state index in [0.29, 0.717) is 12.2 Å². The van der Waals surface area contributed by atoms with Crippen LogP contribution in [0.4, 0.5) is 0 Å². The van der Waals surface area contributed by atoms with Gasteiger partial charge in [-0.25, -0.2) is 4.79 Å². The van der Waals surface area contributed by atoms with Crippen LogP contribution < -0.4 is 10.1 Å². The van der Waals surface area contributed by atoms with Crippen molar-refractivity contribution in [2.24, 2.45) is 11.3 Å². The van der Waals surface area contributed by atoms with Crippen molar-refractivity contribution >= 4 is 11.9 Å². The van der Waals surface area contributed by atoms with E-state index in [1.165, 1.54) is 0 Å². The molecule has 0 saturated carbocycles. The summed E-state index contributed by atoms with van der Waals surface area (Å²) in [4.78, 5) is 23.8. The van der Waals surface area contributed by atoms with Crippen molar-refractivity contribution in [3.8, 4) is 5.75 Å². The van der Waals surface area contributed by atoms with Crippen molar-refractivity contribution in [2.75, 3.05) is 6.61 Å². The van der Waals surface area contributed by atoms with Gasteiger partial charge in [0.2, 0.25) is 5.91 Å². The molecule has 0 radical (unpaired) electrons. The highest BCUT2D eigenvalue weighted by Gasteiger charge is 2.34. The van der Waals surface area contributed by atoms with Gasteiger partial charge in [-0.3, -0.25) is 4.79 Å². The minimum Gasteiger partial charge on any atom is -0.492 e. The number of benzene rings is 1. The first-order chi connectivity index (χ1) is 10.7. The van der Waals surface area contributed by atoms with Gasteiger partial charge >= 0.3 is 5.97 Å². The van der Waals surface area contributed by atoms with Crippen molar-refractivity contribution in [2.45, 2.75) is 47.1 Å². The maximum absolute atomic E-state index is 12.4. The van der Waals surface area contributed by atoms with Crippen molar-refractivity contribution in [3.63, 3.8) is 0 Å². The average Bonchev–Trinajstić information content (AvgIpc) is 2.49. The molecule has 2 atom stereocenters. The van der Waals surface area contributed by atoms with Gasteiger partial charge in [-0.05, 0) is 44.4 Å². The van der Waals surface area contributed by atoms with Gasteiger partial charge in [0.25, 0.3) is 0 Å². The molecule has 0 heterocycles. The number of carboxylic acids is 1. The molecule has 0 bridgehead atoms. The number of rotatable bonds is 8. The summed E-state index contributed by atoms with van der Waals surface area (Å²) < 4.78 is 5.69. The van der Waals surface area contributed by atoms with Crippen molar-refractivity contribution < 1.29 is 19.4 Å². The maximum atomic E-state index is 12.4. The summed E-state index contributed by atoms with van der Waals surface area (Å²) in [5.41, 5.74) is 0.248. The monoisotopic (exact) mass is 321 g/mol. The molecule has 0 spiro atoms. The zero-order chi connectivity index (χ0) is 17.6. The fourth-order valence-electron chi connectivity index (χ4n) is 2.05. The van der Waals surface area contributed by atoms with Gasteiger partial charge in [-0.15, -0.1) is 0 Å². The number of hydrogen-bond acceptors (Lipinski definition) is 3. The predicted octanol–water partition coefficient (Wildman–Crippen LogP) is 3.02. The Morgan fingerprint density at radius 3 is 2.52 bits per heavy atom. The van der Waals surface area contributed by atoms with Crippen LogP contribution in [0.2, 0.25) is 0 Å². The number of nitrogens with one attached hydrogen (secondary N) is 1. The van der Waals surface area contributed by atoms with Crippen LogP contribution in [-0.2, 0) is 9.59 Å². The number of aliphatic carboxylic acids is 1. The van der Waals surface area contributed by atoms with Crippen LogP contribution in [-0.4, -0.2) is 29.6 Å². The summed E-state index contributed by atoms with van der Waals surface area (Å²) in [6.45, 7) is 9.35. The molecule has 0 aliphatic heterocycles. The molecule has 1 amide bonds. The second kappa shape index (κ2) is 7.99. The van der Waals surface area contributed by atoms with E-state index in [9.17, 15) is 14.7 Å². The Bertz CT molecular complexity index is 554. The molecule has 0 saturated heterocycles. The van der Waals surface area contributed by atoms with Crippen LogP contribution in [0, 0.1) is 18.3 Å². The third-order valence-corrected chi connectivity index (χ3v) is 3.97. The zero-order valence-electron chi connectivity index (χ0n) is 14.6. The van der Waals surface area contributed by atoms with E-state index in [4.69, 9.17) is 4.74 Å². The highest BCUT2D eigenvalue weighted by molar-refractivity contribution is 5.87. The molecular formula is C18H27NO4. The third kappa shape index (κ3) is 5.58. The number of ether oxygens (including phenoxy) is 1. The number of amides is 1. The molecule has 1 aromatic rings. The molecule has 0 aliphatic rings. The van der Waals surface area contributed by atoms with Crippen LogP contribution in [0.15, 0.2) is 24.3 Å². The van der Waals surface area contributed by atoms with Gasteiger partial charge in [0.15, 0.2) is 0 Å². The Balaban J connectivity index is 2.70. The molecule has 2 unspecified atom stereocenters. The molecular weight excluding hydrogens is 294 g/mol. The second-order valence-corrected chi connectivity index (χ2v) is 6.66. The largest absolute Gasteiger partial charge is 0.492 e. The van der Waals surface area contributed by atoms with E-state index in [-0.39, 0.29) is 18.4 Å². The van der Waals surface area contributed by atoms with E-state index in [2.05, 4.69) is 5.32 Å². The SMILES string of the molecule is CCC(C)C(NC(=O)C(C)(C)COc1cccc(C)c1)C(=O)O. The summed E-state index contributed by atoms with van der Waals surface area (Å²) >= 11 is 0. The second-order valence-electron chi connectivity index (χ2n) is 6.66. The van der Waals surface area contributed by atoms with Gasteiger partial charge in [0, 0.05) is 0 Å². The number of aryl methyl sites for hydroxylation is 1. The quantitative estimate of drug-likeness (QED) is 0.772. The lowest BCUT2D eigenvalue weighted by Crippen LogP contribution is -2.51. The summed E-state index contributed by atoms with van der Waals surface area (Å²) in [6, 6.07) is 6.70. The van der Waals surface area contributed by atoms with Gasteiger partial charge in [0.05, 0.1) is 5.41 Å². The van der Waals surface area contributed by atoms with Gasteiger partial charge in [-0.2, -0.15) is 0 Å². The molecule has 1 aromatic carbocycles. The summed E-state index contributed by atoms with van der Waals surface area (Å²) in [7, 11) is 0. The summed E-state index contributed by atoms with van der Waals surface area (Å²) in [6.07, 6.45) is 0.678. The number of carbonyl (C=O) groups excluding carboxylic acids is 1. The fraction of sp³-hybridized carbons (Fsp3) is 0.556. The van der Waals surface area contributed by atoms with Crippen LogP contribution in [0.25, 0.3) is 0 Å². The first kappa shape index (κ1) is 19.0. The van der Waals surface area contributed by atoms with Crippen LogP contribution in [0.3, 0.4) is 0 Å². The van der Waals surface area contributed by atoms with E-state index in [1.54, 1.807) is 13.8 Å². The average molecular weight is 321 g/mol. The van der Waals surface area contributed by atoms with Crippen molar-refractivity contribution in [3.05, 3.63) is 29.8 Å². The van der Waals surface area contributed by atoms with E-state index >= 15 is 0 Å². The van der Waals surface area contributed by atoms with Gasteiger partial charge in [0.1, 0.15) is 18.4 Å². The summed E-state index contributed by atoms with van der Waals surface area (Å²) in [5, 5.41) is 11.9. The Morgan fingerprint density at radius 1 is 1.35 bits per heavy atom. The van der Waals surface area contributed by atoms with Crippen LogP contribution in [0.1, 0.15) is 39.7 Å². The lowest BCUT2D eigenvalue weighted by atomic mass is 9.91. The van der Waals surface area contributed by atoms with Crippen LogP contribution >= 0.6 is 0 Å². The van der Waals surface area contributed by atoms with Crippen LogP contribution in [0.5, 0.6) is 5.75 Å². The first-order valence-electron chi connectivity index (χ1n) is 7.90. The molecule has 23 heavy (non-hydrogen) atoms. The zero-order valence-corrected chi connectivity index (χ0v) is 14.6. The molecule has 128 valence electrons. The Hall–Kier alpha value is -2.04. The predicted molar refractivity (Wildman–Crippen MR) is 89.5 cm³/mol. The normalized spacial score (nSPS) is 14.0. The van der Waals surface area contributed by atoms with Crippen molar-refractivity contribution in [1.29, 1.82) is 0 Å². The Kier molecular flexibility index (Phi) is 6.61. The third-order valence-electron chi connectivity index (χ3n) is 3.97. The Labute approximate surface area is 138 Å². The number of carbonyl (C=O) groups is 2. The molecule has 5 heteroatoms. The smallest absolute Gasteiger partial charge is 0.326 e. The standard InChI is InChI=1S/C18H27NO4/c1-6-13(3)15(16(20)21)19-17(22)18(4,5)11-23-14-9-7-8-12(2)10-14/h7-10,13,15H,6,11H2,1-5H3,(H,19,22)(H,20,21). The summed E-state index contributed by atoms with van der Waals surface area (Å²) in [5.74, 6) is -0.770. The van der Waals surface area contributed by atoms with Gasteiger partial charge in [-0.1, -0.05) is 32.4 Å². The molecule has 2 N–H and O–H groups in total. The van der Waals surface area contributed by atoms with Crippen molar-refractivity contribution in [1.82, 2.24) is 5.32 Å². The Morgan fingerprint density at radius 2 is 2.00 bits per heavy atom. The van der Waals surface area contributed by atoms with E-state index < -0.39 is 17.4 Å². The minimum absolute atomic E-state index is 0.134. The molecule has 5 nitrogen and oxygen atoms in total. The lowest BCUT2D eigenvalue weighted by molar-refractivity contribution is -0.145. The molecule has 1 rings (SSSR count). The van der Waals surface area contributed by atoms with E-state index in [0.717, 1.165) is 5.56 Å². The highest BCUT2D eigenvalue weighted by Crippen LogP contribution is 2.21.